The summed E-state index contributed by atoms with van der Waals surface area (Å²) < 4.78 is 0. The molecule has 1 N–H and O–H groups in total. The van der Waals surface area contributed by atoms with E-state index in [-0.39, 0.29) is 17.5 Å². The number of hydrogen-bond donors (Lipinski definition) is 1. The van der Waals surface area contributed by atoms with Gasteiger partial charge in [-0.05, 0) is 63.1 Å². The second-order valence-electron chi connectivity index (χ2n) is 5.66. The van der Waals surface area contributed by atoms with Gasteiger partial charge in [-0.3, -0.25) is 14.6 Å². The van der Waals surface area contributed by atoms with Crippen molar-refractivity contribution in [2.75, 3.05) is 18.4 Å². The van der Waals surface area contributed by atoms with Crippen molar-refractivity contribution < 1.29 is 9.59 Å². The number of pyridine rings is 1. The Labute approximate surface area is 142 Å². The maximum Gasteiger partial charge on any atom is 0.272 e. The first-order valence-electron chi connectivity index (χ1n) is 8.10. The lowest BCUT2D eigenvalue weighted by Crippen LogP contribution is -2.31. The van der Waals surface area contributed by atoms with Crippen molar-refractivity contribution in [2.24, 2.45) is 0 Å². The molecule has 0 radical (unpaired) electrons. The Hall–Kier alpha value is -2.69. The summed E-state index contributed by atoms with van der Waals surface area (Å²) in [5, 5.41) is 2.86. The molecule has 2 rings (SSSR count). The zero-order valence-electron chi connectivity index (χ0n) is 14.6. The molecule has 0 atom stereocenters. The number of carbonyl (C=O) groups is 2. The number of nitrogens with one attached hydrogen (secondary N) is 1. The Balaban J connectivity index is 2.19. The van der Waals surface area contributed by atoms with E-state index in [1.165, 1.54) is 17.8 Å². The highest BCUT2D eigenvalue weighted by Gasteiger charge is 2.16. The molecule has 2 aromatic rings. The van der Waals surface area contributed by atoms with Gasteiger partial charge in [0.05, 0.1) is 0 Å². The molecule has 0 spiro atoms. The Morgan fingerprint density at radius 2 is 1.75 bits per heavy atom. The van der Waals surface area contributed by atoms with Crippen molar-refractivity contribution in [1.82, 2.24) is 9.88 Å². The molecule has 24 heavy (non-hydrogen) atoms. The summed E-state index contributed by atoms with van der Waals surface area (Å²) in [4.78, 5) is 30.6. The quantitative estimate of drug-likeness (QED) is 0.916. The maximum atomic E-state index is 12.4. The van der Waals surface area contributed by atoms with Crippen LogP contribution in [0.2, 0.25) is 0 Å². The summed E-state index contributed by atoms with van der Waals surface area (Å²) in [5.41, 5.74) is 3.71. The van der Waals surface area contributed by atoms with E-state index in [4.69, 9.17) is 0 Å². The van der Waals surface area contributed by atoms with E-state index >= 15 is 0 Å². The standard InChI is InChI=1S/C19H23N3O2/c1-5-22(6-2)19(24)17-12-15(9-10-20-17)18(23)21-16-8-7-13(3)14(4)11-16/h7-12H,5-6H2,1-4H3,(H,21,23). The van der Waals surface area contributed by atoms with Crippen LogP contribution in [0, 0.1) is 13.8 Å². The summed E-state index contributed by atoms with van der Waals surface area (Å²) in [7, 11) is 0. The third-order valence-corrected chi connectivity index (χ3v) is 4.06. The van der Waals surface area contributed by atoms with E-state index in [0.29, 0.717) is 18.7 Å². The summed E-state index contributed by atoms with van der Waals surface area (Å²) in [5.74, 6) is -0.421. The summed E-state index contributed by atoms with van der Waals surface area (Å²) in [6, 6.07) is 8.90. The van der Waals surface area contributed by atoms with Gasteiger partial charge in [0, 0.05) is 30.5 Å². The first-order chi connectivity index (χ1) is 11.5. The maximum absolute atomic E-state index is 12.4. The van der Waals surface area contributed by atoms with Gasteiger partial charge in [-0.1, -0.05) is 6.07 Å². The number of nitrogens with zero attached hydrogens (tertiary/aromatic N) is 2. The van der Waals surface area contributed by atoms with E-state index in [2.05, 4.69) is 10.3 Å². The molecular formula is C19H23N3O2. The molecule has 0 bridgehead atoms. The normalized spacial score (nSPS) is 10.3. The third kappa shape index (κ3) is 3.98. The molecule has 1 aromatic carbocycles. The number of aryl methyl sites for hydroxylation is 2. The van der Waals surface area contributed by atoms with E-state index in [1.54, 1.807) is 11.0 Å². The Morgan fingerprint density at radius 1 is 1.04 bits per heavy atom. The minimum Gasteiger partial charge on any atom is -0.338 e. The molecule has 1 aromatic heterocycles. The van der Waals surface area contributed by atoms with E-state index in [1.807, 2.05) is 45.9 Å². The van der Waals surface area contributed by atoms with E-state index in [9.17, 15) is 9.59 Å². The van der Waals surface area contributed by atoms with Gasteiger partial charge in [-0.25, -0.2) is 0 Å². The lowest BCUT2D eigenvalue weighted by molar-refractivity contribution is 0.0767. The second-order valence-corrected chi connectivity index (χ2v) is 5.66. The topological polar surface area (TPSA) is 62.3 Å². The number of amides is 2. The molecule has 0 aliphatic carbocycles. The number of hydrogen-bond acceptors (Lipinski definition) is 3. The van der Waals surface area contributed by atoms with Crippen LogP contribution < -0.4 is 5.32 Å². The van der Waals surface area contributed by atoms with Crippen molar-refractivity contribution in [3.8, 4) is 0 Å². The highest BCUT2D eigenvalue weighted by molar-refractivity contribution is 6.05. The summed E-state index contributed by atoms with van der Waals surface area (Å²) in [6.07, 6.45) is 1.49. The van der Waals surface area contributed by atoms with Crippen molar-refractivity contribution in [1.29, 1.82) is 0 Å². The van der Waals surface area contributed by atoms with Gasteiger partial charge in [0.15, 0.2) is 0 Å². The van der Waals surface area contributed by atoms with E-state index in [0.717, 1.165) is 11.3 Å². The fraction of sp³-hybridized carbons (Fsp3) is 0.316. The third-order valence-electron chi connectivity index (χ3n) is 4.06. The Bertz CT molecular complexity index is 752. The molecule has 0 unspecified atom stereocenters. The fourth-order valence-electron chi connectivity index (χ4n) is 2.38. The second kappa shape index (κ2) is 7.73. The zero-order valence-corrected chi connectivity index (χ0v) is 14.6. The zero-order chi connectivity index (χ0) is 17.7. The summed E-state index contributed by atoms with van der Waals surface area (Å²) >= 11 is 0. The predicted octanol–water partition coefficient (Wildman–Crippen LogP) is 3.43. The lowest BCUT2D eigenvalue weighted by Gasteiger charge is -2.18. The molecule has 2 amide bonds. The van der Waals surface area contributed by atoms with Crippen LogP contribution in [0.25, 0.3) is 0 Å². The number of benzene rings is 1. The number of rotatable bonds is 5. The SMILES string of the molecule is CCN(CC)C(=O)c1cc(C(=O)Nc2ccc(C)c(C)c2)ccn1. The Morgan fingerprint density at radius 3 is 2.38 bits per heavy atom. The molecule has 5 heteroatoms. The lowest BCUT2D eigenvalue weighted by atomic mass is 10.1. The molecule has 0 fully saturated rings. The van der Waals surface area contributed by atoms with Gasteiger partial charge in [-0.15, -0.1) is 0 Å². The molecule has 0 saturated carbocycles. The number of anilines is 1. The smallest absolute Gasteiger partial charge is 0.272 e. The van der Waals surface area contributed by atoms with Crippen LogP contribution in [0.3, 0.4) is 0 Å². The number of aromatic nitrogens is 1. The van der Waals surface area contributed by atoms with Crippen LogP contribution in [0.15, 0.2) is 36.5 Å². The minimum atomic E-state index is -0.255. The molecule has 5 nitrogen and oxygen atoms in total. The van der Waals surface area contributed by atoms with E-state index < -0.39 is 0 Å². The summed E-state index contributed by atoms with van der Waals surface area (Å²) in [6.45, 7) is 9.06. The molecule has 126 valence electrons. The van der Waals surface area contributed by atoms with Gasteiger partial charge in [-0.2, -0.15) is 0 Å². The minimum absolute atomic E-state index is 0.166. The van der Waals surface area contributed by atoms with Crippen LogP contribution in [-0.4, -0.2) is 34.8 Å². The van der Waals surface area contributed by atoms with Crippen LogP contribution in [0.4, 0.5) is 5.69 Å². The van der Waals surface area contributed by atoms with Crippen molar-refractivity contribution in [3.63, 3.8) is 0 Å². The molecule has 1 heterocycles. The van der Waals surface area contributed by atoms with Crippen LogP contribution in [-0.2, 0) is 0 Å². The largest absolute Gasteiger partial charge is 0.338 e. The molecular weight excluding hydrogens is 302 g/mol. The highest BCUT2D eigenvalue weighted by Crippen LogP contribution is 2.15. The average Bonchev–Trinajstić information content (AvgIpc) is 2.59. The van der Waals surface area contributed by atoms with Crippen LogP contribution in [0.1, 0.15) is 45.8 Å². The molecule has 0 aliphatic heterocycles. The van der Waals surface area contributed by atoms with Gasteiger partial charge < -0.3 is 10.2 Å². The first-order valence-corrected chi connectivity index (χ1v) is 8.10. The van der Waals surface area contributed by atoms with Crippen molar-refractivity contribution >= 4 is 17.5 Å². The first kappa shape index (κ1) is 17.7. The van der Waals surface area contributed by atoms with Gasteiger partial charge in [0.1, 0.15) is 5.69 Å². The highest BCUT2D eigenvalue weighted by atomic mass is 16.2. The average molecular weight is 325 g/mol. The van der Waals surface area contributed by atoms with Gasteiger partial charge >= 0.3 is 0 Å². The molecule has 0 aliphatic rings. The number of carbonyl (C=O) groups excluding carboxylic acids is 2. The van der Waals surface area contributed by atoms with Crippen molar-refractivity contribution in [3.05, 3.63) is 58.9 Å². The fourth-order valence-corrected chi connectivity index (χ4v) is 2.38. The van der Waals surface area contributed by atoms with Crippen LogP contribution >= 0.6 is 0 Å². The monoisotopic (exact) mass is 325 g/mol. The predicted molar refractivity (Wildman–Crippen MR) is 95.4 cm³/mol. The van der Waals surface area contributed by atoms with Gasteiger partial charge in [0.2, 0.25) is 0 Å². The Kier molecular flexibility index (Phi) is 5.68. The van der Waals surface area contributed by atoms with Crippen molar-refractivity contribution in [2.45, 2.75) is 27.7 Å². The molecule has 0 saturated heterocycles. The van der Waals surface area contributed by atoms with Gasteiger partial charge in [0.25, 0.3) is 11.8 Å². The van der Waals surface area contributed by atoms with Crippen LogP contribution in [0.5, 0.6) is 0 Å².